The van der Waals surface area contributed by atoms with Crippen LogP contribution in [0, 0.1) is 20.8 Å². The van der Waals surface area contributed by atoms with Crippen LogP contribution in [0.2, 0.25) is 5.02 Å². The van der Waals surface area contributed by atoms with E-state index in [1.54, 1.807) is 33.1 Å². The minimum absolute atomic E-state index is 0.0415. The number of amides is 2. The highest BCUT2D eigenvalue weighted by molar-refractivity contribution is 6.31. The van der Waals surface area contributed by atoms with Crippen molar-refractivity contribution in [2.24, 2.45) is 7.05 Å². The van der Waals surface area contributed by atoms with Gasteiger partial charge in [0.15, 0.2) is 5.82 Å². The molecule has 1 atom stereocenters. The zero-order chi connectivity index (χ0) is 22.5. The molecule has 0 bridgehead atoms. The maximum atomic E-state index is 13.3. The molecular weight excluding hydrogens is 408 g/mol. The fraction of sp³-hybridized carbons (Fsp3) is 0.600. The zero-order valence-corrected chi connectivity index (χ0v) is 19.5. The minimum Gasteiger partial charge on any atom is -0.443 e. The Morgan fingerprint density at radius 3 is 2.33 bits per heavy atom. The fourth-order valence-electron chi connectivity index (χ4n) is 3.75. The zero-order valence-electron chi connectivity index (χ0n) is 18.8. The first-order valence-corrected chi connectivity index (χ1v) is 10.2. The van der Waals surface area contributed by atoms with Gasteiger partial charge < -0.3 is 4.74 Å². The summed E-state index contributed by atoms with van der Waals surface area (Å²) in [7, 11) is 1.76. The average Bonchev–Trinajstić information content (AvgIpc) is 3.03. The van der Waals surface area contributed by atoms with Gasteiger partial charge in [0.05, 0.1) is 34.7 Å². The van der Waals surface area contributed by atoms with Crippen LogP contribution in [-0.2, 0) is 23.1 Å². The van der Waals surface area contributed by atoms with Gasteiger partial charge in [0.25, 0.3) is 0 Å². The Labute approximate surface area is 181 Å². The van der Waals surface area contributed by atoms with Crippen molar-refractivity contribution >= 4 is 35.1 Å². The predicted octanol–water partition coefficient (Wildman–Crippen LogP) is 3.37. The normalized spacial score (nSPS) is 16.6. The Kier molecular flexibility index (Phi) is 5.62. The van der Waals surface area contributed by atoms with E-state index in [4.69, 9.17) is 16.3 Å². The topological polar surface area (TPSA) is 85.5 Å². The van der Waals surface area contributed by atoms with E-state index >= 15 is 0 Å². The summed E-state index contributed by atoms with van der Waals surface area (Å²) in [5.74, 6) is 0.410. The standard InChI is InChI=1S/C20H29ClN6O3/c1-11-9-25(19(29)30-20(5,6)7)17-13(3)22-24(8)18(17)27(11)15(28)10-26-14(4)16(21)12(2)23-26/h11H,9-10H2,1-8H3/t11-/m1/s1. The summed E-state index contributed by atoms with van der Waals surface area (Å²) in [6, 6.07) is -0.278. The molecule has 2 aromatic heterocycles. The van der Waals surface area contributed by atoms with Crippen LogP contribution in [0.5, 0.6) is 0 Å². The fourth-order valence-corrected chi connectivity index (χ4v) is 3.88. The van der Waals surface area contributed by atoms with E-state index < -0.39 is 11.7 Å². The van der Waals surface area contributed by atoms with Crippen molar-refractivity contribution in [1.29, 1.82) is 0 Å². The van der Waals surface area contributed by atoms with Gasteiger partial charge in [0.1, 0.15) is 17.8 Å². The van der Waals surface area contributed by atoms with Crippen molar-refractivity contribution in [3.63, 3.8) is 0 Å². The highest BCUT2D eigenvalue weighted by Gasteiger charge is 2.40. The molecule has 0 aliphatic carbocycles. The van der Waals surface area contributed by atoms with E-state index in [2.05, 4.69) is 10.2 Å². The molecule has 0 saturated carbocycles. The van der Waals surface area contributed by atoms with Crippen LogP contribution < -0.4 is 9.80 Å². The number of carbonyl (C=O) groups excluding carboxylic acids is 2. The number of hydrogen-bond donors (Lipinski definition) is 0. The molecule has 2 aromatic rings. The smallest absolute Gasteiger partial charge is 0.415 e. The summed E-state index contributed by atoms with van der Waals surface area (Å²) in [6.07, 6.45) is -0.455. The predicted molar refractivity (Wildman–Crippen MR) is 115 cm³/mol. The average molecular weight is 437 g/mol. The van der Waals surface area contributed by atoms with E-state index in [9.17, 15) is 9.59 Å². The van der Waals surface area contributed by atoms with Crippen molar-refractivity contribution in [3.05, 3.63) is 22.1 Å². The molecule has 3 rings (SSSR count). The molecule has 0 saturated heterocycles. The Hall–Kier alpha value is -2.55. The third kappa shape index (κ3) is 3.90. The molecule has 0 spiro atoms. The molecule has 0 fully saturated rings. The number of ether oxygens (including phenoxy) is 1. The summed E-state index contributed by atoms with van der Waals surface area (Å²) in [4.78, 5) is 29.4. The second kappa shape index (κ2) is 7.61. The van der Waals surface area contributed by atoms with Gasteiger partial charge in [-0.2, -0.15) is 10.2 Å². The van der Waals surface area contributed by atoms with E-state index in [0.29, 0.717) is 34.5 Å². The van der Waals surface area contributed by atoms with Crippen LogP contribution in [0.15, 0.2) is 0 Å². The van der Waals surface area contributed by atoms with Gasteiger partial charge in [-0.3, -0.25) is 24.0 Å². The number of carbonyl (C=O) groups is 2. The van der Waals surface area contributed by atoms with Gasteiger partial charge in [-0.05, 0) is 48.5 Å². The largest absolute Gasteiger partial charge is 0.443 e. The number of rotatable bonds is 2. The quantitative estimate of drug-likeness (QED) is 0.720. The lowest BCUT2D eigenvalue weighted by Gasteiger charge is -2.40. The van der Waals surface area contributed by atoms with Crippen LogP contribution >= 0.6 is 11.6 Å². The third-order valence-electron chi connectivity index (χ3n) is 5.01. The lowest BCUT2D eigenvalue weighted by molar-refractivity contribution is -0.119. The summed E-state index contributed by atoms with van der Waals surface area (Å²) >= 11 is 6.23. The number of halogens is 1. The second-order valence-corrected chi connectivity index (χ2v) is 9.11. The Morgan fingerprint density at radius 1 is 1.17 bits per heavy atom. The molecule has 0 radical (unpaired) electrons. The third-order valence-corrected chi connectivity index (χ3v) is 5.55. The molecule has 3 heterocycles. The highest BCUT2D eigenvalue weighted by Crippen LogP contribution is 2.39. The molecule has 10 heteroatoms. The first-order valence-electron chi connectivity index (χ1n) is 9.87. The first-order chi connectivity index (χ1) is 13.8. The molecule has 0 aromatic carbocycles. The molecule has 1 aliphatic heterocycles. The van der Waals surface area contributed by atoms with Gasteiger partial charge in [0, 0.05) is 7.05 Å². The maximum Gasteiger partial charge on any atom is 0.415 e. The molecule has 0 unspecified atom stereocenters. The number of aromatic nitrogens is 4. The van der Waals surface area contributed by atoms with Crippen molar-refractivity contribution in [3.8, 4) is 0 Å². The number of nitrogens with zero attached hydrogens (tertiary/aromatic N) is 6. The number of aryl methyl sites for hydroxylation is 3. The lowest BCUT2D eigenvalue weighted by atomic mass is 10.1. The second-order valence-electron chi connectivity index (χ2n) is 8.73. The monoisotopic (exact) mass is 436 g/mol. The van der Waals surface area contributed by atoms with E-state index in [0.717, 1.165) is 5.69 Å². The summed E-state index contributed by atoms with van der Waals surface area (Å²) < 4.78 is 8.82. The number of hydrogen-bond acceptors (Lipinski definition) is 5. The maximum absolute atomic E-state index is 13.3. The number of anilines is 2. The number of fused-ring (bicyclic) bond motifs is 1. The van der Waals surface area contributed by atoms with Crippen LogP contribution in [0.3, 0.4) is 0 Å². The summed E-state index contributed by atoms with van der Waals surface area (Å²) in [5.41, 5.74) is 2.03. The molecule has 1 aliphatic rings. The van der Waals surface area contributed by atoms with E-state index in [1.807, 2.05) is 41.5 Å². The van der Waals surface area contributed by atoms with E-state index in [-0.39, 0.29) is 18.5 Å². The molecule has 164 valence electrons. The Morgan fingerprint density at radius 2 is 1.80 bits per heavy atom. The van der Waals surface area contributed by atoms with Crippen LogP contribution in [0.1, 0.15) is 44.8 Å². The van der Waals surface area contributed by atoms with Gasteiger partial charge in [-0.1, -0.05) is 11.6 Å². The van der Waals surface area contributed by atoms with Gasteiger partial charge >= 0.3 is 6.09 Å². The molecule has 2 amide bonds. The van der Waals surface area contributed by atoms with Crippen molar-refractivity contribution in [2.45, 2.75) is 66.7 Å². The van der Waals surface area contributed by atoms with Crippen LogP contribution in [-0.4, -0.2) is 49.7 Å². The van der Waals surface area contributed by atoms with Gasteiger partial charge in [-0.25, -0.2) is 4.79 Å². The summed E-state index contributed by atoms with van der Waals surface area (Å²) in [5, 5.41) is 9.39. The van der Waals surface area contributed by atoms with Crippen molar-refractivity contribution in [1.82, 2.24) is 19.6 Å². The van der Waals surface area contributed by atoms with E-state index in [1.165, 1.54) is 0 Å². The minimum atomic E-state index is -0.627. The molecular formula is C20H29ClN6O3. The first kappa shape index (κ1) is 22.1. The Bertz CT molecular complexity index is 1000. The van der Waals surface area contributed by atoms with Gasteiger partial charge in [0.2, 0.25) is 5.91 Å². The lowest BCUT2D eigenvalue weighted by Crippen LogP contribution is -2.54. The molecule has 0 N–H and O–H groups in total. The SMILES string of the molecule is Cc1nn(CC(=O)N2c3c(c(C)nn3C)N(C(=O)OC(C)(C)C)C[C@H]2C)c(C)c1Cl. The molecule has 30 heavy (non-hydrogen) atoms. The van der Waals surface area contributed by atoms with Crippen LogP contribution in [0.25, 0.3) is 0 Å². The van der Waals surface area contributed by atoms with Gasteiger partial charge in [-0.15, -0.1) is 0 Å². The molecule has 9 nitrogen and oxygen atoms in total. The highest BCUT2D eigenvalue weighted by atomic mass is 35.5. The summed E-state index contributed by atoms with van der Waals surface area (Å²) in [6.45, 7) is 13.2. The van der Waals surface area contributed by atoms with Crippen LogP contribution in [0.4, 0.5) is 16.3 Å². The Balaban J connectivity index is 1.98. The van der Waals surface area contributed by atoms with Crippen molar-refractivity contribution in [2.75, 3.05) is 16.3 Å². The van der Waals surface area contributed by atoms with Crippen molar-refractivity contribution < 1.29 is 14.3 Å².